The minimum absolute atomic E-state index is 0.208. The van der Waals surface area contributed by atoms with Gasteiger partial charge in [0, 0.05) is 5.02 Å². The summed E-state index contributed by atoms with van der Waals surface area (Å²) in [6.07, 6.45) is 0. The van der Waals surface area contributed by atoms with Crippen molar-refractivity contribution in [2.24, 2.45) is 0 Å². The van der Waals surface area contributed by atoms with Crippen LogP contribution in [0.2, 0.25) is 5.02 Å². The largest absolute Gasteiger partial charge is 0.492 e. The topological polar surface area (TPSA) is 75.7 Å². The maximum Gasteiger partial charge on any atom is 0.262 e. The predicted octanol–water partition coefficient (Wildman–Crippen LogP) is 2.97. The van der Waals surface area contributed by atoms with E-state index in [-0.39, 0.29) is 17.7 Å². The zero-order chi connectivity index (χ0) is 18.0. The highest BCUT2D eigenvalue weighted by Crippen LogP contribution is 2.27. The Balaban J connectivity index is 1.74. The summed E-state index contributed by atoms with van der Waals surface area (Å²) in [5.41, 5.74) is 0.936. The van der Waals surface area contributed by atoms with Gasteiger partial charge in [0.25, 0.3) is 11.8 Å². The van der Waals surface area contributed by atoms with E-state index in [4.69, 9.17) is 16.3 Å². The molecular weight excluding hydrogens is 344 g/mol. The molecule has 1 N–H and O–H groups in total. The van der Waals surface area contributed by atoms with Crippen molar-refractivity contribution in [2.45, 2.75) is 6.92 Å². The highest BCUT2D eigenvalue weighted by molar-refractivity contribution is 6.32. The first kappa shape index (κ1) is 17.0. The SMILES string of the molecule is CCOc1ccccc1NC(=O)CN1C(=O)c2ccc(Cl)cc2C1=O. The first-order chi connectivity index (χ1) is 12.0. The van der Waals surface area contributed by atoms with Crippen LogP contribution >= 0.6 is 11.6 Å². The molecule has 25 heavy (non-hydrogen) atoms. The van der Waals surface area contributed by atoms with Crippen molar-refractivity contribution in [1.29, 1.82) is 0 Å². The molecule has 0 saturated heterocycles. The summed E-state index contributed by atoms with van der Waals surface area (Å²) in [4.78, 5) is 37.9. The maximum absolute atomic E-state index is 12.4. The van der Waals surface area contributed by atoms with E-state index in [1.807, 2.05) is 6.92 Å². The fraction of sp³-hybridized carbons (Fsp3) is 0.167. The zero-order valence-corrected chi connectivity index (χ0v) is 14.2. The van der Waals surface area contributed by atoms with Gasteiger partial charge in [-0.3, -0.25) is 19.3 Å². The van der Waals surface area contributed by atoms with E-state index in [9.17, 15) is 14.4 Å². The quantitative estimate of drug-likeness (QED) is 0.834. The van der Waals surface area contributed by atoms with E-state index in [1.54, 1.807) is 24.3 Å². The van der Waals surface area contributed by atoms with Crippen LogP contribution in [0, 0.1) is 0 Å². The third kappa shape index (κ3) is 3.34. The number of carbonyl (C=O) groups is 3. The standard InChI is InChI=1S/C18H15ClN2O4/c1-2-25-15-6-4-3-5-14(15)20-16(22)10-21-17(23)12-8-7-11(19)9-13(12)18(21)24/h3-9H,2,10H2,1H3,(H,20,22). The van der Waals surface area contributed by atoms with Crippen molar-refractivity contribution in [1.82, 2.24) is 4.90 Å². The van der Waals surface area contributed by atoms with Crippen LogP contribution in [0.5, 0.6) is 5.75 Å². The molecule has 0 unspecified atom stereocenters. The van der Waals surface area contributed by atoms with Gasteiger partial charge in [0.2, 0.25) is 5.91 Å². The molecule has 1 heterocycles. The molecule has 1 aliphatic rings. The molecule has 0 aromatic heterocycles. The minimum Gasteiger partial charge on any atom is -0.492 e. The molecule has 0 fully saturated rings. The molecule has 2 aromatic rings. The van der Waals surface area contributed by atoms with Crippen molar-refractivity contribution in [3.8, 4) is 5.75 Å². The van der Waals surface area contributed by atoms with Gasteiger partial charge in [0.05, 0.1) is 23.4 Å². The number of hydrogen-bond acceptors (Lipinski definition) is 4. The van der Waals surface area contributed by atoms with Gasteiger partial charge in [-0.2, -0.15) is 0 Å². The Hall–Kier alpha value is -2.86. The van der Waals surface area contributed by atoms with Gasteiger partial charge in [-0.1, -0.05) is 23.7 Å². The third-order valence-electron chi connectivity index (χ3n) is 3.70. The number of rotatable bonds is 5. The molecule has 0 radical (unpaired) electrons. The summed E-state index contributed by atoms with van der Waals surface area (Å²) in [7, 11) is 0. The Kier molecular flexibility index (Phi) is 4.72. The molecule has 128 valence electrons. The Morgan fingerprint density at radius 3 is 2.60 bits per heavy atom. The van der Waals surface area contributed by atoms with Crippen LogP contribution < -0.4 is 10.1 Å². The molecule has 7 heteroatoms. The summed E-state index contributed by atoms with van der Waals surface area (Å²) in [5, 5.41) is 3.02. The highest BCUT2D eigenvalue weighted by Gasteiger charge is 2.36. The fourth-order valence-electron chi connectivity index (χ4n) is 2.59. The lowest BCUT2D eigenvalue weighted by atomic mass is 10.1. The van der Waals surface area contributed by atoms with Crippen LogP contribution in [0.15, 0.2) is 42.5 Å². The van der Waals surface area contributed by atoms with Gasteiger partial charge in [-0.05, 0) is 37.3 Å². The van der Waals surface area contributed by atoms with E-state index in [0.29, 0.717) is 23.1 Å². The number of ether oxygens (including phenoxy) is 1. The van der Waals surface area contributed by atoms with E-state index < -0.39 is 17.7 Å². The smallest absolute Gasteiger partial charge is 0.262 e. The van der Waals surface area contributed by atoms with Crippen molar-refractivity contribution < 1.29 is 19.1 Å². The minimum atomic E-state index is -0.532. The zero-order valence-electron chi connectivity index (χ0n) is 13.4. The van der Waals surface area contributed by atoms with Crippen LogP contribution in [-0.2, 0) is 4.79 Å². The number of benzene rings is 2. The number of amides is 3. The predicted molar refractivity (Wildman–Crippen MR) is 93.1 cm³/mol. The number of nitrogens with zero attached hydrogens (tertiary/aromatic N) is 1. The number of carbonyl (C=O) groups excluding carboxylic acids is 3. The summed E-state index contributed by atoms with van der Waals surface area (Å²) in [6, 6.07) is 11.4. The number of hydrogen-bond donors (Lipinski definition) is 1. The van der Waals surface area contributed by atoms with E-state index in [0.717, 1.165) is 4.90 Å². The normalized spacial score (nSPS) is 13.0. The molecule has 0 atom stereocenters. The monoisotopic (exact) mass is 358 g/mol. The number of nitrogens with one attached hydrogen (secondary N) is 1. The van der Waals surface area contributed by atoms with Gasteiger partial charge < -0.3 is 10.1 Å². The highest BCUT2D eigenvalue weighted by atomic mass is 35.5. The summed E-state index contributed by atoms with van der Waals surface area (Å²) in [5.74, 6) is -1.01. The third-order valence-corrected chi connectivity index (χ3v) is 3.93. The number of fused-ring (bicyclic) bond motifs is 1. The lowest BCUT2D eigenvalue weighted by Gasteiger charge is -2.15. The average molecular weight is 359 g/mol. The van der Waals surface area contributed by atoms with Crippen molar-refractivity contribution >= 4 is 35.0 Å². The Morgan fingerprint density at radius 2 is 1.84 bits per heavy atom. The van der Waals surface area contributed by atoms with Crippen molar-refractivity contribution in [2.75, 3.05) is 18.5 Å². The van der Waals surface area contributed by atoms with Gasteiger partial charge in [0.15, 0.2) is 0 Å². The van der Waals surface area contributed by atoms with Crippen LogP contribution in [0.3, 0.4) is 0 Å². The van der Waals surface area contributed by atoms with Crippen LogP contribution in [0.1, 0.15) is 27.6 Å². The molecule has 1 aliphatic heterocycles. The number of para-hydroxylation sites is 2. The van der Waals surface area contributed by atoms with Crippen LogP contribution in [0.25, 0.3) is 0 Å². The summed E-state index contributed by atoms with van der Waals surface area (Å²) < 4.78 is 5.44. The second kappa shape index (κ2) is 6.94. The van der Waals surface area contributed by atoms with Gasteiger partial charge in [-0.25, -0.2) is 0 Å². The number of anilines is 1. The van der Waals surface area contributed by atoms with Gasteiger partial charge in [-0.15, -0.1) is 0 Å². The van der Waals surface area contributed by atoms with Crippen molar-refractivity contribution in [3.63, 3.8) is 0 Å². The molecule has 0 spiro atoms. The van der Waals surface area contributed by atoms with Crippen molar-refractivity contribution in [3.05, 3.63) is 58.6 Å². The second-order valence-corrected chi connectivity index (χ2v) is 5.80. The summed E-state index contributed by atoms with van der Waals surface area (Å²) in [6.45, 7) is 1.90. The van der Waals surface area contributed by atoms with E-state index in [1.165, 1.54) is 18.2 Å². The van der Waals surface area contributed by atoms with Crippen LogP contribution in [0.4, 0.5) is 5.69 Å². The van der Waals surface area contributed by atoms with Gasteiger partial charge in [0.1, 0.15) is 12.3 Å². The molecule has 0 bridgehead atoms. The average Bonchev–Trinajstić information content (AvgIpc) is 2.81. The number of halogens is 1. The molecule has 0 aliphatic carbocycles. The summed E-state index contributed by atoms with van der Waals surface area (Å²) >= 11 is 5.87. The fourth-order valence-corrected chi connectivity index (χ4v) is 2.76. The lowest BCUT2D eigenvalue weighted by Crippen LogP contribution is -2.37. The molecule has 3 rings (SSSR count). The maximum atomic E-state index is 12.4. The number of imide groups is 1. The van der Waals surface area contributed by atoms with Crippen LogP contribution in [-0.4, -0.2) is 35.8 Å². The van der Waals surface area contributed by atoms with E-state index >= 15 is 0 Å². The first-order valence-corrected chi connectivity index (χ1v) is 8.06. The molecule has 0 saturated carbocycles. The first-order valence-electron chi connectivity index (χ1n) is 7.68. The Labute approximate surface area is 149 Å². The second-order valence-electron chi connectivity index (χ2n) is 5.36. The molecule has 3 amide bonds. The Morgan fingerprint density at radius 1 is 1.12 bits per heavy atom. The lowest BCUT2D eigenvalue weighted by molar-refractivity contribution is -0.116. The Bertz CT molecular complexity index is 866. The van der Waals surface area contributed by atoms with Gasteiger partial charge >= 0.3 is 0 Å². The molecule has 2 aromatic carbocycles. The molecular formula is C18H15ClN2O4. The molecule has 6 nitrogen and oxygen atoms in total. The van der Waals surface area contributed by atoms with E-state index in [2.05, 4.69) is 5.32 Å².